The number of carbonyl (C=O) groups is 1. The summed E-state index contributed by atoms with van der Waals surface area (Å²) in [5.74, 6) is 0. The number of halogens is 1. The fourth-order valence-corrected chi connectivity index (χ4v) is 1.74. The maximum Gasteiger partial charge on any atom is 0.150 e. The van der Waals surface area contributed by atoms with Crippen molar-refractivity contribution in [1.82, 2.24) is 4.98 Å². The molecule has 16 heavy (non-hydrogen) atoms. The molecule has 2 rings (SSSR count). The Balaban J connectivity index is 2.66. The fraction of sp³-hybridized carbons (Fsp3) is 0.0769. The van der Waals surface area contributed by atoms with Gasteiger partial charge in [-0.15, -0.1) is 0 Å². The SMILES string of the molecule is Cc1ccc(Cl)nc1-c1ccccc1C=O. The lowest BCUT2D eigenvalue weighted by atomic mass is 10.0. The minimum atomic E-state index is 0.432. The third-order valence-corrected chi connectivity index (χ3v) is 2.62. The Morgan fingerprint density at radius 1 is 1.19 bits per heavy atom. The zero-order chi connectivity index (χ0) is 11.5. The number of hydrogen-bond donors (Lipinski definition) is 0. The van der Waals surface area contributed by atoms with E-state index in [1.54, 1.807) is 12.1 Å². The molecule has 2 nitrogen and oxygen atoms in total. The average Bonchev–Trinajstić information content (AvgIpc) is 2.32. The number of benzene rings is 1. The van der Waals surface area contributed by atoms with Gasteiger partial charge in [-0.2, -0.15) is 0 Å². The van der Waals surface area contributed by atoms with Gasteiger partial charge in [0.15, 0.2) is 6.29 Å². The molecule has 0 fully saturated rings. The molecule has 0 spiro atoms. The molecule has 0 bridgehead atoms. The normalized spacial score (nSPS) is 10.1. The number of nitrogens with zero attached hydrogens (tertiary/aromatic N) is 1. The molecule has 2 aromatic rings. The highest BCUT2D eigenvalue weighted by Crippen LogP contribution is 2.25. The smallest absolute Gasteiger partial charge is 0.150 e. The summed E-state index contributed by atoms with van der Waals surface area (Å²) in [6, 6.07) is 11.0. The van der Waals surface area contributed by atoms with Gasteiger partial charge >= 0.3 is 0 Å². The monoisotopic (exact) mass is 231 g/mol. The maximum atomic E-state index is 10.9. The highest BCUT2D eigenvalue weighted by atomic mass is 35.5. The van der Waals surface area contributed by atoms with E-state index in [0.717, 1.165) is 23.1 Å². The van der Waals surface area contributed by atoms with Crippen LogP contribution in [0.2, 0.25) is 5.15 Å². The Kier molecular flexibility index (Phi) is 3.02. The van der Waals surface area contributed by atoms with Crippen LogP contribution in [0.25, 0.3) is 11.3 Å². The lowest BCUT2D eigenvalue weighted by molar-refractivity contribution is 0.112. The molecule has 1 aromatic carbocycles. The minimum absolute atomic E-state index is 0.432. The van der Waals surface area contributed by atoms with E-state index in [9.17, 15) is 4.79 Å². The summed E-state index contributed by atoms with van der Waals surface area (Å²) in [7, 11) is 0. The fourth-order valence-electron chi connectivity index (χ4n) is 1.59. The van der Waals surface area contributed by atoms with Crippen molar-refractivity contribution >= 4 is 17.9 Å². The third kappa shape index (κ3) is 1.97. The van der Waals surface area contributed by atoms with Crippen LogP contribution in [0.5, 0.6) is 0 Å². The number of rotatable bonds is 2. The molecular formula is C13H10ClNO. The Hall–Kier alpha value is -1.67. The molecule has 0 saturated heterocycles. The molecule has 0 atom stereocenters. The third-order valence-electron chi connectivity index (χ3n) is 2.41. The van der Waals surface area contributed by atoms with Crippen LogP contribution in [0.15, 0.2) is 36.4 Å². The van der Waals surface area contributed by atoms with Crippen LogP contribution >= 0.6 is 11.6 Å². The van der Waals surface area contributed by atoms with E-state index in [-0.39, 0.29) is 0 Å². The molecule has 3 heteroatoms. The Bertz CT molecular complexity index is 537. The molecule has 0 amide bonds. The van der Waals surface area contributed by atoms with E-state index in [4.69, 9.17) is 11.6 Å². The predicted molar refractivity (Wildman–Crippen MR) is 64.8 cm³/mol. The number of pyridine rings is 1. The quantitative estimate of drug-likeness (QED) is 0.585. The summed E-state index contributed by atoms with van der Waals surface area (Å²) in [5, 5.41) is 0.432. The highest BCUT2D eigenvalue weighted by molar-refractivity contribution is 6.29. The molecule has 0 saturated carbocycles. The van der Waals surface area contributed by atoms with Gasteiger partial charge < -0.3 is 0 Å². The molecule has 0 radical (unpaired) electrons. The lowest BCUT2D eigenvalue weighted by Gasteiger charge is -2.07. The van der Waals surface area contributed by atoms with Gasteiger partial charge in [0, 0.05) is 11.1 Å². The van der Waals surface area contributed by atoms with Crippen molar-refractivity contribution in [1.29, 1.82) is 0 Å². The van der Waals surface area contributed by atoms with Crippen LogP contribution in [0.4, 0.5) is 0 Å². The van der Waals surface area contributed by atoms with Crippen molar-refractivity contribution in [3.05, 3.63) is 52.7 Å². The standard InChI is InChI=1S/C13H10ClNO/c1-9-6-7-12(14)15-13(9)11-5-3-2-4-10(11)8-16/h2-8H,1H3. The van der Waals surface area contributed by atoms with E-state index in [1.807, 2.05) is 31.2 Å². The number of aromatic nitrogens is 1. The molecule has 1 heterocycles. The van der Waals surface area contributed by atoms with Crippen molar-refractivity contribution in [3.63, 3.8) is 0 Å². The molecule has 0 aliphatic rings. The molecule has 1 aromatic heterocycles. The van der Waals surface area contributed by atoms with Crippen LogP contribution in [0, 0.1) is 6.92 Å². The van der Waals surface area contributed by atoms with E-state index >= 15 is 0 Å². The van der Waals surface area contributed by atoms with Gasteiger partial charge in [-0.1, -0.05) is 41.9 Å². The Labute approximate surface area is 98.9 Å². The van der Waals surface area contributed by atoms with Crippen molar-refractivity contribution in [2.75, 3.05) is 0 Å². The van der Waals surface area contributed by atoms with E-state index in [0.29, 0.717) is 10.7 Å². The second-order valence-corrected chi connectivity index (χ2v) is 3.89. The van der Waals surface area contributed by atoms with E-state index in [2.05, 4.69) is 4.98 Å². The molecule has 0 unspecified atom stereocenters. The number of aryl methyl sites for hydroxylation is 1. The number of hydrogen-bond acceptors (Lipinski definition) is 2. The maximum absolute atomic E-state index is 10.9. The summed E-state index contributed by atoms with van der Waals surface area (Å²) in [6.45, 7) is 1.94. The first-order valence-electron chi connectivity index (χ1n) is 4.90. The van der Waals surface area contributed by atoms with Crippen LogP contribution in [-0.2, 0) is 0 Å². The van der Waals surface area contributed by atoms with Gasteiger partial charge in [-0.3, -0.25) is 4.79 Å². The Morgan fingerprint density at radius 3 is 2.69 bits per heavy atom. The zero-order valence-corrected chi connectivity index (χ0v) is 9.53. The first-order chi connectivity index (χ1) is 7.72. The highest BCUT2D eigenvalue weighted by Gasteiger charge is 2.08. The largest absolute Gasteiger partial charge is 0.298 e. The van der Waals surface area contributed by atoms with E-state index in [1.165, 1.54) is 0 Å². The summed E-state index contributed by atoms with van der Waals surface area (Å²) < 4.78 is 0. The zero-order valence-electron chi connectivity index (χ0n) is 8.77. The first kappa shape index (κ1) is 10.8. The summed E-state index contributed by atoms with van der Waals surface area (Å²) >= 11 is 5.86. The Morgan fingerprint density at radius 2 is 1.94 bits per heavy atom. The number of carbonyl (C=O) groups excluding carboxylic acids is 1. The van der Waals surface area contributed by atoms with Crippen LogP contribution in [-0.4, -0.2) is 11.3 Å². The van der Waals surface area contributed by atoms with Gasteiger partial charge in [-0.05, 0) is 18.6 Å². The lowest BCUT2D eigenvalue weighted by Crippen LogP contribution is -1.93. The number of aldehydes is 1. The van der Waals surface area contributed by atoms with Crippen LogP contribution < -0.4 is 0 Å². The molecule has 0 aliphatic carbocycles. The van der Waals surface area contributed by atoms with Crippen molar-refractivity contribution in [3.8, 4) is 11.3 Å². The second-order valence-electron chi connectivity index (χ2n) is 3.50. The van der Waals surface area contributed by atoms with Crippen LogP contribution in [0.1, 0.15) is 15.9 Å². The second kappa shape index (κ2) is 4.45. The van der Waals surface area contributed by atoms with Crippen LogP contribution in [0.3, 0.4) is 0 Å². The first-order valence-corrected chi connectivity index (χ1v) is 5.28. The van der Waals surface area contributed by atoms with Gasteiger partial charge in [0.05, 0.1) is 5.69 Å². The average molecular weight is 232 g/mol. The molecule has 0 N–H and O–H groups in total. The summed E-state index contributed by atoms with van der Waals surface area (Å²) in [5.41, 5.74) is 3.20. The van der Waals surface area contributed by atoms with Crippen molar-refractivity contribution < 1.29 is 4.79 Å². The van der Waals surface area contributed by atoms with Gasteiger partial charge in [0.25, 0.3) is 0 Å². The van der Waals surface area contributed by atoms with Gasteiger partial charge in [0.1, 0.15) is 5.15 Å². The van der Waals surface area contributed by atoms with Crippen molar-refractivity contribution in [2.45, 2.75) is 6.92 Å². The predicted octanol–water partition coefficient (Wildman–Crippen LogP) is 3.52. The van der Waals surface area contributed by atoms with E-state index < -0.39 is 0 Å². The van der Waals surface area contributed by atoms with Gasteiger partial charge in [-0.25, -0.2) is 4.98 Å². The summed E-state index contributed by atoms with van der Waals surface area (Å²) in [6.07, 6.45) is 0.831. The molecule has 80 valence electrons. The summed E-state index contributed by atoms with van der Waals surface area (Å²) in [4.78, 5) is 15.2. The van der Waals surface area contributed by atoms with Gasteiger partial charge in [0.2, 0.25) is 0 Å². The minimum Gasteiger partial charge on any atom is -0.298 e. The van der Waals surface area contributed by atoms with Crippen molar-refractivity contribution in [2.24, 2.45) is 0 Å². The molecular weight excluding hydrogens is 222 g/mol. The molecule has 0 aliphatic heterocycles. The topological polar surface area (TPSA) is 30.0 Å².